The van der Waals surface area contributed by atoms with Gasteiger partial charge in [0.1, 0.15) is 12.1 Å². The van der Waals surface area contributed by atoms with Gasteiger partial charge in [-0.15, -0.1) is 22.7 Å². The molecule has 1 saturated heterocycles. The summed E-state index contributed by atoms with van der Waals surface area (Å²) in [4.78, 5) is 44.6. The minimum absolute atomic E-state index is 0.288. The van der Waals surface area contributed by atoms with E-state index in [9.17, 15) is 14.4 Å². The number of hydrogen-bond acceptors (Lipinski definition) is 6. The Balaban J connectivity index is 1.41. The zero-order chi connectivity index (χ0) is 18.3. The fourth-order valence-electron chi connectivity index (χ4n) is 3.46. The van der Waals surface area contributed by atoms with Gasteiger partial charge >= 0.3 is 6.03 Å². The Morgan fingerprint density at radius 3 is 2.81 bits per heavy atom. The Kier molecular flexibility index (Phi) is 4.28. The molecule has 0 bridgehead atoms. The molecule has 2 aromatic heterocycles. The molecular weight excluding hydrogens is 372 g/mol. The summed E-state index contributed by atoms with van der Waals surface area (Å²) in [6.45, 7) is 1.73. The first-order valence-electron chi connectivity index (χ1n) is 8.43. The normalized spacial score (nSPS) is 18.6. The van der Waals surface area contributed by atoms with Crippen LogP contribution in [0.5, 0.6) is 0 Å². The molecule has 4 rings (SSSR count). The quantitative estimate of drug-likeness (QED) is 0.785. The van der Waals surface area contributed by atoms with Crippen LogP contribution in [-0.2, 0) is 9.59 Å². The van der Waals surface area contributed by atoms with E-state index in [1.165, 1.54) is 16.2 Å². The Labute approximate surface area is 158 Å². The first-order chi connectivity index (χ1) is 12.5. The monoisotopic (exact) mass is 390 g/mol. The average Bonchev–Trinajstić information content (AvgIpc) is 3.35. The molecule has 1 aliphatic carbocycles. The molecule has 1 aliphatic heterocycles. The van der Waals surface area contributed by atoms with E-state index in [1.807, 2.05) is 24.4 Å². The number of hydrogen-bond donors (Lipinski definition) is 2. The molecular formula is C17H18N4O3S2. The molecule has 3 heterocycles. The summed E-state index contributed by atoms with van der Waals surface area (Å²) in [5, 5.41) is 7.79. The summed E-state index contributed by atoms with van der Waals surface area (Å²) in [6, 6.07) is 3.53. The molecule has 2 N–H and O–H groups in total. The van der Waals surface area contributed by atoms with Gasteiger partial charge in [0.05, 0.1) is 10.6 Å². The minimum Gasteiger partial charge on any atom is -0.323 e. The molecule has 2 aliphatic rings. The van der Waals surface area contributed by atoms with E-state index in [1.54, 1.807) is 11.3 Å². The molecule has 7 nitrogen and oxygen atoms in total. The Morgan fingerprint density at radius 1 is 1.35 bits per heavy atom. The third kappa shape index (κ3) is 3.01. The van der Waals surface area contributed by atoms with E-state index in [0.29, 0.717) is 18.0 Å². The Hall–Kier alpha value is -2.26. The highest BCUT2D eigenvalue weighted by Crippen LogP contribution is 2.35. The van der Waals surface area contributed by atoms with Gasteiger partial charge in [0.2, 0.25) is 5.91 Å². The lowest BCUT2D eigenvalue weighted by Gasteiger charge is -2.19. The van der Waals surface area contributed by atoms with E-state index in [-0.39, 0.29) is 12.5 Å². The molecule has 136 valence electrons. The van der Waals surface area contributed by atoms with Gasteiger partial charge in [0.15, 0.2) is 5.13 Å². The van der Waals surface area contributed by atoms with Gasteiger partial charge in [-0.2, -0.15) is 0 Å². The summed E-state index contributed by atoms with van der Waals surface area (Å²) >= 11 is 2.96. The van der Waals surface area contributed by atoms with Crippen LogP contribution in [-0.4, -0.2) is 39.8 Å². The van der Waals surface area contributed by atoms with E-state index >= 15 is 0 Å². The Morgan fingerprint density at radius 2 is 2.12 bits per heavy atom. The number of rotatable bonds is 4. The first-order valence-corrected chi connectivity index (χ1v) is 10.1. The number of urea groups is 1. The Bertz CT molecular complexity index is 882. The van der Waals surface area contributed by atoms with Crippen LogP contribution in [0.4, 0.5) is 9.93 Å². The number of aromatic nitrogens is 1. The number of carbonyl (C=O) groups is 3. The number of thiophene rings is 1. The van der Waals surface area contributed by atoms with Gasteiger partial charge in [0, 0.05) is 10.3 Å². The molecule has 2 aromatic rings. The van der Waals surface area contributed by atoms with Crippen LogP contribution in [0.2, 0.25) is 0 Å². The molecule has 9 heteroatoms. The number of aryl methyl sites for hydroxylation is 1. The maximum absolute atomic E-state index is 12.6. The summed E-state index contributed by atoms with van der Waals surface area (Å²) < 4.78 is 0. The van der Waals surface area contributed by atoms with Crippen molar-refractivity contribution in [1.29, 1.82) is 0 Å². The van der Waals surface area contributed by atoms with Crippen molar-refractivity contribution in [1.82, 2.24) is 15.2 Å². The standard InChI is InChI=1S/C17H18N4O3S2/c1-10-4-5-12(26-10)11-9-25-15(18-11)19-13(22)8-21-14(23)17(20-16(21)24)6-2-3-7-17/h4-5,9H,2-3,6-8H2,1H3,(H,20,24)(H,18,19,22). The first kappa shape index (κ1) is 17.2. The fourth-order valence-corrected chi connectivity index (χ4v) is 5.09. The maximum atomic E-state index is 12.6. The van der Waals surface area contributed by atoms with Crippen molar-refractivity contribution in [3.8, 4) is 10.6 Å². The van der Waals surface area contributed by atoms with Crippen LogP contribution in [0.1, 0.15) is 30.6 Å². The summed E-state index contributed by atoms with van der Waals surface area (Å²) in [7, 11) is 0. The lowest BCUT2D eigenvalue weighted by atomic mass is 9.98. The zero-order valence-corrected chi connectivity index (χ0v) is 15.8. The molecule has 0 radical (unpaired) electrons. The SMILES string of the molecule is Cc1ccc(-c2csc(NC(=O)CN3C(=O)NC4(CCCC4)C3=O)n2)s1. The topological polar surface area (TPSA) is 91.4 Å². The number of carbonyl (C=O) groups excluding carboxylic acids is 3. The molecule has 0 unspecified atom stereocenters. The number of nitrogens with one attached hydrogen (secondary N) is 2. The van der Waals surface area contributed by atoms with E-state index in [0.717, 1.165) is 28.3 Å². The average molecular weight is 390 g/mol. The highest BCUT2D eigenvalue weighted by molar-refractivity contribution is 7.17. The lowest BCUT2D eigenvalue weighted by Crippen LogP contribution is -2.44. The van der Waals surface area contributed by atoms with Crippen LogP contribution in [0.3, 0.4) is 0 Å². The van der Waals surface area contributed by atoms with Crippen LogP contribution < -0.4 is 10.6 Å². The van der Waals surface area contributed by atoms with Crippen molar-refractivity contribution in [2.75, 3.05) is 11.9 Å². The predicted octanol–water partition coefficient (Wildman–Crippen LogP) is 2.98. The van der Waals surface area contributed by atoms with Crippen molar-refractivity contribution in [2.45, 2.75) is 38.1 Å². The van der Waals surface area contributed by atoms with Crippen LogP contribution in [0.15, 0.2) is 17.5 Å². The van der Waals surface area contributed by atoms with Crippen molar-refractivity contribution in [3.63, 3.8) is 0 Å². The summed E-state index contributed by atoms with van der Waals surface area (Å²) in [5.74, 6) is -0.712. The third-order valence-electron chi connectivity index (χ3n) is 4.75. The molecule has 2 fully saturated rings. The number of imide groups is 1. The van der Waals surface area contributed by atoms with Crippen molar-refractivity contribution < 1.29 is 14.4 Å². The van der Waals surface area contributed by atoms with Crippen molar-refractivity contribution in [3.05, 3.63) is 22.4 Å². The summed E-state index contributed by atoms with van der Waals surface area (Å²) in [5.41, 5.74) is 0.0197. The number of thiazole rings is 1. The third-order valence-corrected chi connectivity index (χ3v) is 6.53. The number of amides is 4. The highest BCUT2D eigenvalue weighted by atomic mass is 32.1. The van der Waals surface area contributed by atoms with Crippen molar-refractivity contribution >= 4 is 45.7 Å². The second-order valence-corrected chi connectivity index (χ2v) is 8.75. The van der Waals surface area contributed by atoms with E-state index < -0.39 is 17.5 Å². The van der Waals surface area contributed by atoms with Gasteiger partial charge < -0.3 is 10.6 Å². The molecule has 26 heavy (non-hydrogen) atoms. The predicted molar refractivity (Wildman–Crippen MR) is 100 cm³/mol. The molecule has 1 spiro atoms. The van der Waals surface area contributed by atoms with E-state index in [4.69, 9.17) is 0 Å². The zero-order valence-electron chi connectivity index (χ0n) is 14.2. The van der Waals surface area contributed by atoms with Gasteiger partial charge in [-0.1, -0.05) is 12.8 Å². The smallest absolute Gasteiger partial charge is 0.323 e. The maximum Gasteiger partial charge on any atom is 0.325 e. The van der Waals surface area contributed by atoms with E-state index in [2.05, 4.69) is 15.6 Å². The van der Waals surface area contributed by atoms with Gasteiger partial charge in [-0.3, -0.25) is 14.5 Å². The van der Waals surface area contributed by atoms with Crippen LogP contribution >= 0.6 is 22.7 Å². The molecule has 0 aromatic carbocycles. The molecule has 0 atom stereocenters. The second-order valence-electron chi connectivity index (χ2n) is 6.61. The second kappa shape index (κ2) is 6.48. The van der Waals surface area contributed by atoms with Gasteiger partial charge in [-0.05, 0) is 31.9 Å². The van der Waals surface area contributed by atoms with Crippen LogP contribution in [0, 0.1) is 6.92 Å². The fraction of sp³-hybridized carbons (Fsp3) is 0.412. The van der Waals surface area contributed by atoms with Gasteiger partial charge in [-0.25, -0.2) is 9.78 Å². The molecule has 1 saturated carbocycles. The number of nitrogens with zero attached hydrogens (tertiary/aromatic N) is 2. The van der Waals surface area contributed by atoms with Crippen molar-refractivity contribution in [2.24, 2.45) is 0 Å². The van der Waals surface area contributed by atoms with Crippen LogP contribution in [0.25, 0.3) is 10.6 Å². The lowest BCUT2D eigenvalue weighted by molar-refractivity contribution is -0.133. The molecule has 4 amide bonds. The summed E-state index contributed by atoms with van der Waals surface area (Å²) in [6.07, 6.45) is 3.11. The number of anilines is 1. The minimum atomic E-state index is -0.789. The highest BCUT2D eigenvalue weighted by Gasteiger charge is 2.52. The van der Waals surface area contributed by atoms with Gasteiger partial charge in [0.25, 0.3) is 5.91 Å². The largest absolute Gasteiger partial charge is 0.325 e.